The summed E-state index contributed by atoms with van der Waals surface area (Å²) in [4.78, 5) is 20.6. The molecule has 1 aromatic rings. The molecule has 2 rings (SSSR count). The fourth-order valence-corrected chi connectivity index (χ4v) is 1.90. The van der Waals surface area contributed by atoms with Crippen LogP contribution in [0.15, 0.2) is 12.4 Å². The molecule has 1 fully saturated rings. The summed E-state index contributed by atoms with van der Waals surface area (Å²) in [5, 5.41) is 17.9. The van der Waals surface area contributed by atoms with Gasteiger partial charge in [-0.25, -0.2) is 14.8 Å². The minimum atomic E-state index is -0.882. The Labute approximate surface area is 92.2 Å². The Morgan fingerprint density at radius 2 is 2.31 bits per heavy atom. The number of carboxylic acid groups (broad SMARTS) is 1. The number of carboxylic acids is 1. The first-order chi connectivity index (χ1) is 7.74. The summed E-state index contributed by atoms with van der Waals surface area (Å²) < 4.78 is 0. The number of rotatable bonds is 2. The van der Waals surface area contributed by atoms with Crippen LogP contribution in [0.3, 0.4) is 0 Å². The molecule has 0 amide bonds. The van der Waals surface area contributed by atoms with Gasteiger partial charge in [0, 0.05) is 18.9 Å². The molecule has 2 heterocycles. The Bertz CT molecular complexity index is 454. The van der Waals surface area contributed by atoms with Crippen LogP contribution in [0, 0.1) is 11.3 Å². The molecule has 1 N–H and O–H groups in total. The lowest BCUT2D eigenvalue weighted by molar-refractivity contribution is -0.138. The first-order valence-corrected chi connectivity index (χ1v) is 4.94. The molecule has 0 bridgehead atoms. The van der Waals surface area contributed by atoms with Gasteiger partial charge in [0.1, 0.15) is 12.1 Å². The van der Waals surface area contributed by atoms with Crippen LogP contribution in [0.4, 0.5) is 5.82 Å². The van der Waals surface area contributed by atoms with Gasteiger partial charge in [-0.1, -0.05) is 0 Å². The molecule has 0 aromatic carbocycles. The van der Waals surface area contributed by atoms with Crippen LogP contribution in [0.25, 0.3) is 0 Å². The maximum Gasteiger partial charge on any atom is 0.326 e. The second-order valence-corrected chi connectivity index (χ2v) is 3.53. The molecule has 0 radical (unpaired) electrons. The van der Waals surface area contributed by atoms with E-state index in [1.54, 1.807) is 4.90 Å². The SMILES string of the molecule is N#Cc1nccnc1N1CCCC1C(=O)O. The summed E-state index contributed by atoms with van der Waals surface area (Å²) in [5.41, 5.74) is 0.177. The van der Waals surface area contributed by atoms with E-state index in [-0.39, 0.29) is 5.69 Å². The summed E-state index contributed by atoms with van der Waals surface area (Å²) in [6.45, 7) is 0.602. The zero-order valence-electron chi connectivity index (χ0n) is 8.50. The van der Waals surface area contributed by atoms with E-state index in [2.05, 4.69) is 9.97 Å². The largest absolute Gasteiger partial charge is 0.480 e. The van der Waals surface area contributed by atoms with Gasteiger partial charge in [0.25, 0.3) is 0 Å². The van der Waals surface area contributed by atoms with Crippen LogP contribution >= 0.6 is 0 Å². The van der Waals surface area contributed by atoms with Crippen molar-refractivity contribution in [2.24, 2.45) is 0 Å². The average Bonchev–Trinajstić information content (AvgIpc) is 2.77. The molecule has 1 saturated heterocycles. The van der Waals surface area contributed by atoms with Crippen LogP contribution < -0.4 is 4.90 Å². The van der Waals surface area contributed by atoms with Gasteiger partial charge in [0.15, 0.2) is 11.5 Å². The van der Waals surface area contributed by atoms with Gasteiger partial charge < -0.3 is 10.0 Å². The van der Waals surface area contributed by atoms with Crippen molar-refractivity contribution in [3.05, 3.63) is 18.1 Å². The van der Waals surface area contributed by atoms with Crippen LogP contribution in [0.1, 0.15) is 18.5 Å². The van der Waals surface area contributed by atoms with E-state index in [1.165, 1.54) is 12.4 Å². The molecular formula is C10H10N4O2. The van der Waals surface area contributed by atoms with E-state index in [0.29, 0.717) is 18.8 Å². The number of hydrogen-bond donors (Lipinski definition) is 1. The summed E-state index contributed by atoms with van der Waals surface area (Å²) in [7, 11) is 0. The van der Waals surface area contributed by atoms with Gasteiger partial charge in [-0.05, 0) is 12.8 Å². The van der Waals surface area contributed by atoms with Crippen LogP contribution in [0.5, 0.6) is 0 Å². The number of nitrogens with zero attached hydrogens (tertiary/aromatic N) is 4. The van der Waals surface area contributed by atoms with Gasteiger partial charge in [0.05, 0.1) is 0 Å². The number of carbonyl (C=O) groups is 1. The molecule has 1 aliphatic rings. The first-order valence-electron chi connectivity index (χ1n) is 4.94. The van der Waals surface area contributed by atoms with Gasteiger partial charge in [0.2, 0.25) is 0 Å². The van der Waals surface area contributed by atoms with Gasteiger partial charge in [-0.3, -0.25) is 0 Å². The van der Waals surface area contributed by atoms with E-state index in [0.717, 1.165) is 6.42 Å². The smallest absolute Gasteiger partial charge is 0.326 e. The molecular weight excluding hydrogens is 208 g/mol. The number of aliphatic carboxylic acids is 1. The standard InChI is InChI=1S/C10H10N4O2/c11-6-7-9(13-4-3-12-7)14-5-1-2-8(14)10(15)16/h3-4,8H,1-2,5H2,(H,15,16). The molecule has 0 saturated carbocycles. The molecule has 0 spiro atoms. The molecule has 1 aliphatic heterocycles. The van der Waals surface area contributed by atoms with Crippen molar-refractivity contribution < 1.29 is 9.90 Å². The number of aromatic nitrogens is 2. The number of anilines is 1. The van der Waals surface area contributed by atoms with Crippen molar-refractivity contribution >= 4 is 11.8 Å². The average molecular weight is 218 g/mol. The van der Waals surface area contributed by atoms with Gasteiger partial charge in [-0.2, -0.15) is 5.26 Å². The molecule has 1 atom stereocenters. The highest BCUT2D eigenvalue weighted by Crippen LogP contribution is 2.25. The molecule has 1 aromatic heterocycles. The highest BCUT2D eigenvalue weighted by Gasteiger charge is 2.32. The monoisotopic (exact) mass is 218 g/mol. The molecule has 6 nitrogen and oxygen atoms in total. The van der Waals surface area contributed by atoms with Crippen molar-refractivity contribution in [3.63, 3.8) is 0 Å². The molecule has 16 heavy (non-hydrogen) atoms. The topological polar surface area (TPSA) is 90.1 Å². The summed E-state index contributed by atoms with van der Waals surface area (Å²) >= 11 is 0. The second kappa shape index (κ2) is 4.14. The van der Waals surface area contributed by atoms with Crippen molar-refractivity contribution in [1.82, 2.24) is 9.97 Å². The summed E-state index contributed by atoms with van der Waals surface area (Å²) in [6, 6.07) is 1.33. The van der Waals surface area contributed by atoms with E-state index in [4.69, 9.17) is 10.4 Å². The van der Waals surface area contributed by atoms with Crippen molar-refractivity contribution in [2.75, 3.05) is 11.4 Å². The van der Waals surface area contributed by atoms with Gasteiger partial charge in [-0.15, -0.1) is 0 Å². The van der Waals surface area contributed by atoms with Crippen molar-refractivity contribution in [1.29, 1.82) is 5.26 Å². The lowest BCUT2D eigenvalue weighted by atomic mass is 10.2. The third-order valence-electron chi connectivity index (χ3n) is 2.59. The van der Waals surface area contributed by atoms with E-state index >= 15 is 0 Å². The maximum absolute atomic E-state index is 11.0. The Balaban J connectivity index is 2.37. The third kappa shape index (κ3) is 1.67. The van der Waals surface area contributed by atoms with E-state index < -0.39 is 12.0 Å². The highest BCUT2D eigenvalue weighted by molar-refractivity contribution is 5.79. The summed E-state index contributed by atoms with van der Waals surface area (Å²) in [5.74, 6) is -0.512. The Morgan fingerprint density at radius 1 is 1.56 bits per heavy atom. The highest BCUT2D eigenvalue weighted by atomic mass is 16.4. The van der Waals surface area contributed by atoms with Crippen molar-refractivity contribution in [2.45, 2.75) is 18.9 Å². The van der Waals surface area contributed by atoms with E-state index in [1.807, 2.05) is 6.07 Å². The third-order valence-corrected chi connectivity index (χ3v) is 2.59. The Kier molecular flexibility index (Phi) is 2.68. The zero-order valence-corrected chi connectivity index (χ0v) is 8.50. The normalized spacial score (nSPS) is 19.4. The Morgan fingerprint density at radius 3 is 3.00 bits per heavy atom. The molecule has 1 unspecified atom stereocenters. The lowest BCUT2D eigenvalue weighted by Gasteiger charge is -2.22. The quantitative estimate of drug-likeness (QED) is 0.772. The summed E-state index contributed by atoms with van der Waals surface area (Å²) in [6.07, 6.45) is 4.26. The second-order valence-electron chi connectivity index (χ2n) is 3.53. The lowest BCUT2D eigenvalue weighted by Crippen LogP contribution is -2.37. The molecule has 6 heteroatoms. The predicted octanol–water partition coefficient (Wildman–Crippen LogP) is 0.402. The van der Waals surface area contributed by atoms with E-state index in [9.17, 15) is 4.79 Å². The van der Waals surface area contributed by atoms with Crippen LogP contribution in [-0.2, 0) is 4.79 Å². The minimum absolute atomic E-state index is 0.177. The molecule has 0 aliphatic carbocycles. The van der Waals surface area contributed by atoms with Crippen LogP contribution in [0.2, 0.25) is 0 Å². The molecule has 82 valence electrons. The van der Waals surface area contributed by atoms with Crippen LogP contribution in [-0.4, -0.2) is 33.6 Å². The predicted molar refractivity (Wildman–Crippen MR) is 54.8 cm³/mol. The number of hydrogen-bond acceptors (Lipinski definition) is 5. The fourth-order valence-electron chi connectivity index (χ4n) is 1.90. The zero-order chi connectivity index (χ0) is 11.5. The Hall–Kier alpha value is -2.16. The number of nitriles is 1. The maximum atomic E-state index is 11.0. The fraction of sp³-hybridized carbons (Fsp3) is 0.400. The van der Waals surface area contributed by atoms with Crippen molar-refractivity contribution in [3.8, 4) is 6.07 Å². The minimum Gasteiger partial charge on any atom is -0.480 e. The first kappa shape index (κ1) is 10.4. The van der Waals surface area contributed by atoms with Gasteiger partial charge >= 0.3 is 5.97 Å².